The average molecular weight is 309 g/mol. The van der Waals surface area contributed by atoms with Crippen LogP contribution in [0.4, 0.5) is 0 Å². The van der Waals surface area contributed by atoms with Crippen LogP contribution < -0.4 is 0 Å². The van der Waals surface area contributed by atoms with Crippen molar-refractivity contribution in [3.8, 4) is 0 Å². The Bertz CT molecular complexity index is 756. The second-order valence-corrected chi connectivity index (χ2v) is 7.08. The summed E-state index contributed by atoms with van der Waals surface area (Å²) in [4.78, 5) is 4.19. The minimum atomic E-state index is -0.643. The quantitative estimate of drug-likeness (QED) is 0.690. The van der Waals surface area contributed by atoms with Gasteiger partial charge in [-0.3, -0.25) is 0 Å². The predicted molar refractivity (Wildman–Crippen MR) is 83.5 cm³/mol. The first-order chi connectivity index (χ1) is 11.2. The first-order valence-corrected chi connectivity index (χ1v) is 8.31. The fraction of sp³-hybridized carbons (Fsp3) is 0.526. The number of rotatable bonds is 0. The molecule has 0 amide bonds. The lowest BCUT2D eigenvalue weighted by Crippen LogP contribution is -2.53. The standard InChI is InChI=1S/C19H19NO3/c1-12-3-4-14-13(9-12)10-16-17-15(11-21-16)19(22-7-8-23-19)6-5-18(14,17)20-2/h3-4,9,11,16-17H,5-8,10H2,1H3. The summed E-state index contributed by atoms with van der Waals surface area (Å²) in [5.41, 5.74) is 4.20. The molecule has 1 saturated heterocycles. The van der Waals surface area contributed by atoms with Gasteiger partial charge < -0.3 is 19.1 Å². The molecule has 0 N–H and O–H groups in total. The normalized spacial score (nSPS) is 35.9. The summed E-state index contributed by atoms with van der Waals surface area (Å²) in [6.07, 6.45) is 4.20. The highest BCUT2D eigenvalue weighted by Gasteiger charge is 2.67. The maximum absolute atomic E-state index is 8.02. The van der Waals surface area contributed by atoms with Gasteiger partial charge in [-0.25, -0.2) is 6.57 Å². The molecule has 2 aliphatic heterocycles. The van der Waals surface area contributed by atoms with Crippen LogP contribution in [0.1, 0.15) is 29.5 Å². The Labute approximate surface area is 135 Å². The fourth-order valence-corrected chi connectivity index (χ4v) is 5.01. The minimum absolute atomic E-state index is 0.0263. The fourth-order valence-electron chi connectivity index (χ4n) is 5.01. The van der Waals surface area contributed by atoms with Gasteiger partial charge in [-0.15, -0.1) is 0 Å². The molecule has 1 saturated carbocycles. The van der Waals surface area contributed by atoms with Gasteiger partial charge in [0.25, 0.3) is 5.54 Å². The van der Waals surface area contributed by atoms with Gasteiger partial charge >= 0.3 is 0 Å². The van der Waals surface area contributed by atoms with Crippen LogP contribution in [0.2, 0.25) is 0 Å². The summed E-state index contributed by atoms with van der Waals surface area (Å²) < 4.78 is 18.0. The summed E-state index contributed by atoms with van der Waals surface area (Å²) in [6, 6.07) is 6.49. The van der Waals surface area contributed by atoms with Gasteiger partial charge in [0.05, 0.1) is 19.5 Å². The van der Waals surface area contributed by atoms with Crippen LogP contribution >= 0.6 is 0 Å². The second-order valence-electron chi connectivity index (χ2n) is 7.08. The lowest BCUT2D eigenvalue weighted by molar-refractivity contribution is -0.155. The topological polar surface area (TPSA) is 32.0 Å². The highest BCUT2D eigenvalue weighted by molar-refractivity contribution is 5.49. The summed E-state index contributed by atoms with van der Waals surface area (Å²) in [5, 5.41) is 0. The van der Waals surface area contributed by atoms with Crippen molar-refractivity contribution in [2.45, 2.75) is 43.6 Å². The molecule has 0 aromatic heterocycles. The van der Waals surface area contributed by atoms with Crippen molar-refractivity contribution in [2.75, 3.05) is 13.2 Å². The van der Waals surface area contributed by atoms with Crippen LogP contribution in [0.15, 0.2) is 30.0 Å². The number of aryl methyl sites for hydroxylation is 1. The molecule has 1 aromatic rings. The number of hydrogen-bond donors (Lipinski definition) is 0. The number of ether oxygens (including phenoxy) is 3. The maximum atomic E-state index is 8.02. The highest BCUT2D eigenvalue weighted by Crippen LogP contribution is 2.60. The Morgan fingerprint density at radius 3 is 2.83 bits per heavy atom. The van der Waals surface area contributed by atoms with E-state index in [0.717, 1.165) is 24.8 Å². The molecule has 0 bridgehead atoms. The third-order valence-corrected chi connectivity index (χ3v) is 5.97. The first-order valence-electron chi connectivity index (χ1n) is 8.31. The van der Waals surface area contributed by atoms with Crippen LogP contribution in [-0.2, 0) is 26.2 Å². The van der Waals surface area contributed by atoms with Gasteiger partial charge in [-0.05, 0) is 12.5 Å². The zero-order valence-electron chi connectivity index (χ0n) is 13.2. The van der Waals surface area contributed by atoms with E-state index in [0.29, 0.717) is 13.2 Å². The van der Waals surface area contributed by atoms with Crippen molar-refractivity contribution in [1.29, 1.82) is 0 Å². The lowest BCUT2D eigenvalue weighted by atomic mass is 9.59. The van der Waals surface area contributed by atoms with E-state index in [-0.39, 0.29) is 12.0 Å². The molecule has 5 rings (SSSR count). The third-order valence-electron chi connectivity index (χ3n) is 5.97. The molecule has 1 spiro atoms. The Morgan fingerprint density at radius 1 is 1.22 bits per heavy atom. The van der Waals surface area contributed by atoms with E-state index in [1.807, 2.05) is 6.26 Å². The van der Waals surface area contributed by atoms with E-state index < -0.39 is 11.3 Å². The molecule has 4 nitrogen and oxygen atoms in total. The molecule has 3 unspecified atom stereocenters. The predicted octanol–water partition coefficient (Wildman–Crippen LogP) is 3.10. The molecule has 4 heteroatoms. The molecular formula is C19H19NO3. The van der Waals surface area contributed by atoms with E-state index in [9.17, 15) is 0 Å². The summed E-state index contributed by atoms with van der Waals surface area (Å²) in [5.74, 6) is -0.599. The largest absolute Gasteiger partial charge is 0.497 e. The summed E-state index contributed by atoms with van der Waals surface area (Å²) >= 11 is 0. The number of benzene rings is 1. The Kier molecular flexibility index (Phi) is 2.58. The first kappa shape index (κ1) is 13.6. The van der Waals surface area contributed by atoms with E-state index in [4.69, 9.17) is 20.8 Å². The smallest absolute Gasteiger partial charge is 0.268 e. The Morgan fingerprint density at radius 2 is 2.04 bits per heavy atom. The molecule has 0 radical (unpaired) electrons. The van der Waals surface area contributed by atoms with Crippen molar-refractivity contribution < 1.29 is 14.2 Å². The molecule has 1 aromatic carbocycles. The molecule has 118 valence electrons. The SMILES string of the molecule is [C-]#[N+]C12CCC3(OCCO3)C3=COC(Cc4cc(C)ccc41)C32. The lowest BCUT2D eigenvalue weighted by Gasteiger charge is -2.46. The monoisotopic (exact) mass is 309 g/mol. The van der Waals surface area contributed by atoms with Crippen molar-refractivity contribution >= 4 is 0 Å². The average Bonchev–Trinajstić information content (AvgIpc) is 3.19. The van der Waals surface area contributed by atoms with Crippen LogP contribution in [0.3, 0.4) is 0 Å². The third kappa shape index (κ3) is 1.57. The van der Waals surface area contributed by atoms with Gasteiger partial charge in [0.15, 0.2) is 5.79 Å². The summed E-state index contributed by atoms with van der Waals surface area (Å²) in [6.45, 7) is 11.4. The van der Waals surface area contributed by atoms with Gasteiger partial charge in [-0.1, -0.05) is 23.8 Å². The van der Waals surface area contributed by atoms with E-state index in [1.54, 1.807) is 0 Å². The molecule has 4 aliphatic rings. The molecular weight excluding hydrogens is 290 g/mol. The van der Waals surface area contributed by atoms with Crippen molar-refractivity contribution in [3.05, 3.63) is 58.1 Å². The molecule has 3 atom stereocenters. The molecule has 23 heavy (non-hydrogen) atoms. The highest BCUT2D eigenvalue weighted by atomic mass is 16.7. The Hall–Kier alpha value is -1.83. The molecule has 2 heterocycles. The van der Waals surface area contributed by atoms with Gasteiger partial charge in [0.1, 0.15) is 12.0 Å². The van der Waals surface area contributed by atoms with Gasteiger partial charge in [0, 0.05) is 30.4 Å². The Balaban J connectivity index is 1.69. The van der Waals surface area contributed by atoms with Crippen LogP contribution in [0.5, 0.6) is 0 Å². The van der Waals surface area contributed by atoms with Crippen LogP contribution in [0.25, 0.3) is 4.85 Å². The van der Waals surface area contributed by atoms with Gasteiger partial charge in [0.2, 0.25) is 0 Å². The number of nitrogens with zero attached hydrogens (tertiary/aromatic N) is 1. The van der Waals surface area contributed by atoms with E-state index in [2.05, 4.69) is 30.0 Å². The maximum Gasteiger partial charge on any atom is 0.268 e. The molecule has 2 fully saturated rings. The van der Waals surface area contributed by atoms with Crippen LogP contribution in [0, 0.1) is 19.4 Å². The van der Waals surface area contributed by atoms with Crippen molar-refractivity contribution in [1.82, 2.24) is 0 Å². The number of fused-ring (bicyclic) bond motifs is 3. The zero-order valence-corrected chi connectivity index (χ0v) is 13.2. The molecule has 2 aliphatic carbocycles. The van der Waals surface area contributed by atoms with E-state index in [1.165, 1.54) is 16.7 Å². The van der Waals surface area contributed by atoms with Gasteiger partial charge in [-0.2, -0.15) is 0 Å². The minimum Gasteiger partial charge on any atom is -0.497 e. The van der Waals surface area contributed by atoms with Crippen molar-refractivity contribution in [2.24, 2.45) is 5.92 Å². The second kappa shape index (κ2) is 4.37. The summed E-state index contributed by atoms with van der Waals surface area (Å²) in [7, 11) is 0. The van der Waals surface area contributed by atoms with E-state index >= 15 is 0 Å². The van der Waals surface area contributed by atoms with Crippen LogP contribution in [-0.4, -0.2) is 25.1 Å². The van der Waals surface area contributed by atoms with Crippen molar-refractivity contribution in [3.63, 3.8) is 0 Å². The number of hydrogen-bond acceptors (Lipinski definition) is 3. The zero-order chi connectivity index (χ0) is 15.7.